The molecule has 0 aromatic heterocycles. The first-order chi connectivity index (χ1) is 9.41. The molecule has 0 heterocycles. The number of hydrogen-bond donors (Lipinski definition) is 0. The summed E-state index contributed by atoms with van der Waals surface area (Å²) in [5.74, 6) is 0. The van der Waals surface area contributed by atoms with E-state index < -0.39 is 0 Å². The van der Waals surface area contributed by atoms with Crippen molar-refractivity contribution >= 4 is 55.5 Å². The Hall–Kier alpha value is 1.03. The smallest absolute Gasteiger partial charge is 0.0623 e. The third-order valence-electron chi connectivity index (χ3n) is 3.37. The van der Waals surface area contributed by atoms with Gasteiger partial charge in [0.1, 0.15) is 0 Å². The molecule has 1 aromatic rings. The second-order valence-electron chi connectivity index (χ2n) is 5.34. The van der Waals surface area contributed by atoms with Gasteiger partial charge >= 0.3 is 126 Å². The van der Waals surface area contributed by atoms with Crippen LogP contribution in [0.2, 0.25) is -0.511 Å². The van der Waals surface area contributed by atoms with E-state index in [1.165, 1.54) is 64.2 Å². The molecule has 0 bridgehead atoms. The van der Waals surface area contributed by atoms with Gasteiger partial charge in [-0.3, -0.25) is 0 Å². The van der Waals surface area contributed by atoms with Crippen molar-refractivity contribution in [1.29, 1.82) is 0 Å². The van der Waals surface area contributed by atoms with Gasteiger partial charge in [-0.25, -0.2) is 0 Å². The van der Waals surface area contributed by atoms with Gasteiger partial charge in [-0.15, -0.1) is 0 Å². The molecule has 0 fully saturated rings. The summed E-state index contributed by atoms with van der Waals surface area (Å²) in [7, 11) is 0. The summed E-state index contributed by atoms with van der Waals surface area (Å²) in [5, 5.41) is 0. The van der Waals surface area contributed by atoms with Crippen LogP contribution in [-0.4, -0.2) is 55.5 Å². The normalized spacial score (nSPS) is 9.84. The van der Waals surface area contributed by atoms with E-state index in [9.17, 15) is 0 Å². The van der Waals surface area contributed by atoms with E-state index in [-0.39, 0.29) is 0 Å². The van der Waals surface area contributed by atoms with Crippen molar-refractivity contribution in [2.24, 2.45) is 0 Å². The van der Waals surface area contributed by atoms with Crippen molar-refractivity contribution in [2.45, 2.75) is 70.6 Å². The summed E-state index contributed by atoms with van der Waals surface area (Å²) in [5.41, 5.74) is 0. The predicted octanol–water partition coefficient (Wildman–Crippen LogP) is 6.18. The van der Waals surface area contributed by atoms with E-state index in [1.807, 2.05) is 36.4 Å². The predicted molar refractivity (Wildman–Crippen MR) is 88.8 cm³/mol. The van der Waals surface area contributed by atoms with Gasteiger partial charge in [0.2, 0.25) is 0 Å². The molecule has 104 valence electrons. The number of benzene rings is 1. The van der Waals surface area contributed by atoms with E-state index in [0.29, 0.717) is 0 Å². The van der Waals surface area contributed by atoms with E-state index >= 15 is 0 Å². The number of rotatable bonds is 10. The molecule has 0 aliphatic carbocycles. The maximum absolute atomic E-state index is 2.29. The van der Waals surface area contributed by atoms with Crippen LogP contribution < -0.4 is 0 Å². The van der Waals surface area contributed by atoms with Crippen LogP contribution in [0.25, 0.3) is 0 Å². The van der Waals surface area contributed by atoms with Gasteiger partial charge in [0, 0.05) is 0 Å². The summed E-state index contributed by atoms with van der Waals surface area (Å²) < 4.78 is 1.58. The maximum Gasteiger partial charge on any atom is -0.0623 e. The fraction of sp³-hybridized carbons (Fsp3) is 0.667. The Bertz CT molecular complexity index is 196. The molecule has 0 saturated heterocycles. The van der Waals surface area contributed by atoms with E-state index in [2.05, 4.69) is 6.92 Å². The summed E-state index contributed by atoms with van der Waals surface area (Å²) >= 11 is 0.963. The molecule has 0 aliphatic rings. The molecule has 0 amide bonds. The van der Waals surface area contributed by atoms with Crippen molar-refractivity contribution in [3.63, 3.8) is 0 Å². The molecule has 0 saturated carbocycles. The van der Waals surface area contributed by atoms with Crippen LogP contribution >= 0.6 is 0 Å². The van der Waals surface area contributed by atoms with Gasteiger partial charge < -0.3 is 0 Å². The van der Waals surface area contributed by atoms with Crippen LogP contribution in [-0.2, 0) is 0 Å². The molecule has 0 atom stereocenters. The first kappa shape index (κ1) is 20.0. The minimum absolute atomic E-state index is 0.963. The van der Waals surface area contributed by atoms with Gasteiger partial charge in [0.05, 0.1) is 0 Å². The average molecular weight is 333 g/mol. The molecule has 0 unspecified atom stereocenters. The van der Waals surface area contributed by atoms with Gasteiger partial charge in [0.25, 0.3) is 0 Å². The van der Waals surface area contributed by atoms with Gasteiger partial charge in [-0.05, 0) is 0 Å². The zero-order chi connectivity index (χ0) is 14.0. The molecule has 1 aromatic carbocycles. The van der Waals surface area contributed by atoms with Crippen LogP contribution in [0, 0.1) is 0 Å². The summed E-state index contributed by atoms with van der Waals surface area (Å²) in [6, 6.07) is 12.0. The first-order valence-corrected chi connectivity index (χ1v) is 11.9. The van der Waals surface area contributed by atoms with Gasteiger partial charge in [-0.2, -0.15) is 0 Å². The zero-order valence-corrected chi connectivity index (χ0v) is 18.2. The second kappa shape index (κ2) is 19.0. The fourth-order valence-corrected chi connectivity index (χ4v) is 3.35. The van der Waals surface area contributed by atoms with E-state index in [0.717, 1.165) is 55.5 Å². The molecule has 0 spiro atoms. The Morgan fingerprint density at radius 2 is 0.842 bits per heavy atom. The zero-order valence-electron chi connectivity index (χ0n) is 13.2. The Labute approximate surface area is 160 Å². The molecule has 1 heteroatoms. The number of unbranched alkanes of at least 4 members (excludes halogenated alkanes) is 9. The molecule has 0 radical (unpaired) electrons. The minimum atomic E-state index is 0.963. The molecule has 0 nitrogen and oxygen atoms in total. The SMILES string of the molecule is CCCCCCCCCCC[CH2][Rb].c1ccccc1. The monoisotopic (exact) mass is 332 g/mol. The molecular formula is C18H31Rb. The third-order valence-corrected chi connectivity index (χ3v) is 5.11. The molecule has 0 aliphatic heterocycles. The van der Waals surface area contributed by atoms with Gasteiger partial charge in [0.15, 0.2) is 0 Å². The maximum atomic E-state index is 2.29. The molecule has 1 rings (SSSR count). The second-order valence-corrected chi connectivity index (χ2v) is 7.79. The molecule has 19 heavy (non-hydrogen) atoms. The Morgan fingerprint density at radius 1 is 0.526 bits per heavy atom. The summed E-state index contributed by atoms with van der Waals surface area (Å²) in [6.07, 6.45) is 14.8. The number of hydrogen-bond acceptors (Lipinski definition) is 0. The van der Waals surface area contributed by atoms with Crippen LogP contribution in [0.3, 0.4) is 0 Å². The van der Waals surface area contributed by atoms with Crippen LogP contribution in [0.15, 0.2) is 36.4 Å². The quantitative estimate of drug-likeness (QED) is 0.449. The van der Waals surface area contributed by atoms with Crippen LogP contribution in [0.4, 0.5) is 0 Å². The van der Waals surface area contributed by atoms with Crippen LogP contribution in [0.5, 0.6) is 0 Å². The topological polar surface area (TPSA) is 0 Å². The minimum Gasteiger partial charge on any atom is -0.0623 e. The van der Waals surface area contributed by atoms with E-state index in [1.54, 1.807) is -0.511 Å². The van der Waals surface area contributed by atoms with E-state index in [4.69, 9.17) is 0 Å². The van der Waals surface area contributed by atoms with Crippen molar-refractivity contribution < 1.29 is 0 Å². The van der Waals surface area contributed by atoms with Crippen molar-refractivity contribution in [1.82, 2.24) is 0 Å². The fourth-order valence-electron chi connectivity index (χ4n) is 2.12. The summed E-state index contributed by atoms with van der Waals surface area (Å²) in [6.45, 7) is 2.29. The molecule has 0 N–H and O–H groups in total. The Balaban J connectivity index is 0.000000443. The Morgan fingerprint density at radius 3 is 1.16 bits per heavy atom. The summed E-state index contributed by atoms with van der Waals surface area (Å²) in [4.78, 5) is 0. The van der Waals surface area contributed by atoms with Crippen molar-refractivity contribution in [3.8, 4) is 0 Å². The largest absolute Gasteiger partial charge is 0.0623 e. The van der Waals surface area contributed by atoms with Gasteiger partial charge in [-0.1, -0.05) is 36.4 Å². The molecular weight excluding hydrogens is 302 g/mol. The first-order valence-electron chi connectivity index (χ1n) is 8.41. The van der Waals surface area contributed by atoms with Crippen molar-refractivity contribution in [2.75, 3.05) is 0 Å². The Kier molecular flexibility index (Phi) is 20.1. The van der Waals surface area contributed by atoms with Crippen LogP contribution in [0.1, 0.15) is 71.1 Å². The van der Waals surface area contributed by atoms with Crippen molar-refractivity contribution in [3.05, 3.63) is 36.4 Å². The average Bonchev–Trinajstić information content (AvgIpc) is 2.48. The standard InChI is InChI=1S/C12H25.C6H6.Rb/c1-3-5-7-9-11-12-10-8-6-4-2;1-2-4-6-5-3-1;/h1,3-12H2,2H3;1-6H;. The third kappa shape index (κ3) is 19.0.